The Kier molecular flexibility index (Phi) is 3.93. The Bertz CT molecular complexity index is 678. The molecule has 0 unspecified atom stereocenters. The van der Waals surface area contributed by atoms with E-state index in [-0.39, 0.29) is 16.0 Å². The molecule has 3 rings (SSSR count). The largest absolute Gasteiger partial charge is 0.381 e. The van der Waals surface area contributed by atoms with Gasteiger partial charge in [-0.15, -0.1) is 0 Å². The monoisotopic (exact) mass is 321 g/mol. The summed E-state index contributed by atoms with van der Waals surface area (Å²) in [6.45, 7) is 1.08. The Morgan fingerprint density at radius 3 is 2.55 bits per heavy atom. The van der Waals surface area contributed by atoms with Crippen molar-refractivity contribution in [3.63, 3.8) is 0 Å². The summed E-state index contributed by atoms with van der Waals surface area (Å²) < 4.78 is 32.1. The zero-order valence-electron chi connectivity index (χ0n) is 12.5. The molecule has 1 saturated carbocycles. The molecule has 0 amide bonds. The van der Waals surface area contributed by atoms with Crippen LogP contribution >= 0.6 is 0 Å². The fourth-order valence-corrected chi connectivity index (χ4v) is 4.82. The zero-order valence-corrected chi connectivity index (χ0v) is 13.3. The van der Waals surface area contributed by atoms with E-state index >= 15 is 0 Å². The van der Waals surface area contributed by atoms with Gasteiger partial charge >= 0.3 is 0 Å². The van der Waals surface area contributed by atoms with Crippen LogP contribution in [-0.4, -0.2) is 44.0 Å². The zero-order chi connectivity index (χ0) is 15.8. The van der Waals surface area contributed by atoms with Crippen molar-refractivity contribution in [2.75, 3.05) is 20.2 Å². The van der Waals surface area contributed by atoms with Gasteiger partial charge in [-0.25, -0.2) is 13.4 Å². The first-order valence-electron chi connectivity index (χ1n) is 7.38. The van der Waals surface area contributed by atoms with Crippen molar-refractivity contribution >= 4 is 10.0 Å². The third kappa shape index (κ3) is 2.62. The number of aromatic nitrogens is 1. The van der Waals surface area contributed by atoms with Gasteiger partial charge in [0.2, 0.25) is 10.0 Å². The Balaban J connectivity index is 1.68. The second kappa shape index (κ2) is 5.61. The minimum absolute atomic E-state index is 0.158. The lowest BCUT2D eigenvalue weighted by Crippen LogP contribution is -2.50. The maximum Gasteiger partial charge on any atom is 0.244 e. The third-order valence-electron chi connectivity index (χ3n) is 4.93. The summed E-state index contributed by atoms with van der Waals surface area (Å²) in [5.74, 6) is 0. The van der Waals surface area contributed by atoms with Gasteiger partial charge in [0.05, 0.1) is 6.10 Å². The normalized spacial score (nSPS) is 22.2. The molecule has 2 heterocycles. The van der Waals surface area contributed by atoms with E-state index in [1.165, 1.54) is 22.6 Å². The number of sulfonamides is 1. The third-order valence-corrected chi connectivity index (χ3v) is 6.81. The Labute approximate surface area is 130 Å². The van der Waals surface area contributed by atoms with Crippen LogP contribution in [0, 0.1) is 16.7 Å². The summed E-state index contributed by atoms with van der Waals surface area (Å²) in [7, 11) is -1.78. The quantitative estimate of drug-likeness (QED) is 0.843. The highest BCUT2D eigenvalue weighted by atomic mass is 32.2. The minimum Gasteiger partial charge on any atom is -0.381 e. The van der Waals surface area contributed by atoms with Gasteiger partial charge in [-0.05, 0) is 43.2 Å². The van der Waals surface area contributed by atoms with E-state index in [0.29, 0.717) is 19.2 Å². The predicted molar refractivity (Wildman–Crippen MR) is 79.4 cm³/mol. The molecule has 1 aliphatic carbocycles. The molecule has 22 heavy (non-hydrogen) atoms. The van der Waals surface area contributed by atoms with E-state index in [9.17, 15) is 8.42 Å². The average molecular weight is 321 g/mol. The van der Waals surface area contributed by atoms with Crippen LogP contribution in [0.15, 0.2) is 23.2 Å². The van der Waals surface area contributed by atoms with Gasteiger partial charge in [-0.3, -0.25) is 0 Å². The van der Waals surface area contributed by atoms with Crippen molar-refractivity contribution in [2.45, 2.75) is 36.7 Å². The highest BCUT2D eigenvalue weighted by Crippen LogP contribution is 2.50. The molecular formula is C15H19N3O3S. The number of pyridine rings is 1. The van der Waals surface area contributed by atoms with E-state index < -0.39 is 10.0 Å². The smallest absolute Gasteiger partial charge is 0.244 e. The first kappa shape index (κ1) is 15.4. The summed E-state index contributed by atoms with van der Waals surface area (Å²) in [5, 5.41) is 8.73. The Hall–Kier alpha value is -1.49. The highest BCUT2D eigenvalue weighted by Gasteiger charge is 2.47. The second-order valence-electron chi connectivity index (χ2n) is 6.16. The molecule has 118 valence electrons. The van der Waals surface area contributed by atoms with Crippen LogP contribution in [0.5, 0.6) is 0 Å². The summed E-state index contributed by atoms with van der Waals surface area (Å²) in [6, 6.07) is 4.78. The molecule has 0 N–H and O–H groups in total. The fraction of sp³-hybridized carbons (Fsp3) is 0.600. The van der Waals surface area contributed by atoms with Crippen molar-refractivity contribution in [3.8, 4) is 6.07 Å². The van der Waals surface area contributed by atoms with E-state index in [0.717, 1.165) is 25.7 Å². The number of hydrogen-bond donors (Lipinski definition) is 0. The number of nitrogens with zero attached hydrogens (tertiary/aromatic N) is 3. The van der Waals surface area contributed by atoms with Crippen LogP contribution in [0.3, 0.4) is 0 Å². The molecule has 1 aromatic heterocycles. The Morgan fingerprint density at radius 1 is 1.36 bits per heavy atom. The number of methoxy groups -OCH3 is 1. The molecule has 1 spiro atoms. The van der Waals surface area contributed by atoms with Gasteiger partial charge < -0.3 is 4.74 Å². The SMILES string of the molecule is COC1CC2(CCN(S(=O)(=O)c3ccc(C#N)nc3)CC2)C1. The van der Waals surface area contributed by atoms with Gasteiger partial charge in [-0.2, -0.15) is 9.57 Å². The first-order valence-corrected chi connectivity index (χ1v) is 8.82. The van der Waals surface area contributed by atoms with Crippen LogP contribution in [0.4, 0.5) is 0 Å². The minimum atomic E-state index is -3.51. The molecule has 6 nitrogen and oxygen atoms in total. The molecule has 0 atom stereocenters. The molecule has 0 aromatic carbocycles. The summed E-state index contributed by atoms with van der Waals surface area (Å²) in [5.41, 5.74) is 0.493. The molecule has 0 bridgehead atoms. The molecule has 1 saturated heterocycles. The molecule has 1 aromatic rings. The summed E-state index contributed by atoms with van der Waals surface area (Å²) in [6.07, 6.45) is 5.45. The lowest BCUT2D eigenvalue weighted by Gasteiger charge is -2.51. The van der Waals surface area contributed by atoms with Gasteiger partial charge in [0.25, 0.3) is 0 Å². The van der Waals surface area contributed by atoms with Crippen molar-refractivity contribution in [1.29, 1.82) is 5.26 Å². The lowest BCUT2D eigenvalue weighted by atomic mass is 9.62. The predicted octanol–water partition coefficient (Wildman–Crippen LogP) is 1.53. The van der Waals surface area contributed by atoms with Gasteiger partial charge in [0, 0.05) is 26.4 Å². The van der Waals surface area contributed by atoms with E-state index in [2.05, 4.69) is 4.98 Å². The van der Waals surface area contributed by atoms with Crippen LogP contribution in [-0.2, 0) is 14.8 Å². The van der Waals surface area contributed by atoms with Gasteiger partial charge in [0.1, 0.15) is 16.7 Å². The second-order valence-corrected chi connectivity index (χ2v) is 8.10. The topological polar surface area (TPSA) is 83.3 Å². The van der Waals surface area contributed by atoms with Crippen LogP contribution < -0.4 is 0 Å². The van der Waals surface area contributed by atoms with Crippen LogP contribution in [0.25, 0.3) is 0 Å². The molecule has 2 aliphatic rings. The molecule has 1 aliphatic heterocycles. The number of hydrogen-bond acceptors (Lipinski definition) is 5. The molecule has 0 radical (unpaired) electrons. The standard InChI is InChI=1S/C15H19N3O3S/c1-21-13-8-15(9-13)4-6-18(7-5-15)22(19,20)14-3-2-12(10-16)17-11-14/h2-3,11,13H,4-9H2,1H3. The lowest BCUT2D eigenvalue weighted by molar-refractivity contribution is -0.0804. The highest BCUT2D eigenvalue weighted by molar-refractivity contribution is 7.89. The van der Waals surface area contributed by atoms with Crippen LogP contribution in [0.1, 0.15) is 31.4 Å². The maximum absolute atomic E-state index is 12.6. The number of nitriles is 1. The van der Waals surface area contributed by atoms with Crippen LogP contribution in [0.2, 0.25) is 0 Å². The molecule has 7 heteroatoms. The fourth-order valence-electron chi connectivity index (χ4n) is 3.43. The number of piperidine rings is 1. The maximum atomic E-state index is 12.6. The van der Waals surface area contributed by atoms with E-state index in [1.807, 2.05) is 6.07 Å². The number of rotatable bonds is 3. The van der Waals surface area contributed by atoms with Gasteiger partial charge in [0.15, 0.2) is 0 Å². The number of ether oxygens (including phenoxy) is 1. The van der Waals surface area contributed by atoms with E-state index in [1.54, 1.807) is 7.11 Å². The van der Waals surface area contributed by atoms with Crippen molar-refractivity contribution in [1.82, 2.24) is 9.29 Å². The summed E-state index contributed by atoms with van der Waals surface area (Å²) in [4.78, 5) is 4.01. The Morgan fingerprint density at radius 2 is 2.05 bits per heavy atom. The first-order chi connectivity index (χ1) is 10.5. The molecular weight excluding hydrogens is 302 g/mol. The van der Waals surface area contributed by atoms with Crippen molar-refractivity contribution in [3.05, 3.63) is 24.0 Å². The van der Waals surface area contributed by atoms with E-state index in [4.69, 9.17) is 10.00 Å². The van der Waals surface area contributed by atoms with Crippen molar-refractivity contribution in [2.24, 2.45) is 5.41 Å². The van der Waals surface area contributed by atoms with Gasteiger partial charge in [-0.1, -0.05) is 0 Å². The average Bonchev–Trinajstić information content (AvgIpc) is 2.52. The van der Waals surface area contributed by atoms with Crippen molar-refractivity contribution < 1.29 is 13.2 Å². The molecule has 2 fully saturated rings. The summed E-state index contributed by atoms with van der Waals surface area (Å²) >= 11 is 0.